The fourth-order valence-electron chi connectivity index (χ4n) is 1.18. The Labute approximate surface area is 97.7 Å². The van der Waals surface area contributed by atoms with Gasteiger partial charge in [-0.25, -0.2) is 4.39 Å². The number of carbonyl (C=O) groups excluding carboxylic acids is 2. The lowest BCUT2D eigenvalue weighted by Gasteiger charge is -2.06. The van der Waals surface area contributed by atoms with Gasteiger partial charge in [0.2, 0.25) is 0 Å². The third-order valence-corrected chi connectivity index (χ3v) is 1.93. The molecular weight excluding hydrogens is 227 g/mol. The number of nitrogens with one attached hydrogen (secondary N) is 1. The Kier molecular flexibility index (Phi) is 4.45. The Morgan fingerprint density at radius 2 is 2.18 bits per heavy atom. The van der Waals surface area contributed by atoms with Crippen LogP contribution in [0.2, 0.25) is 0 Å². The molecule has 6 heteroatoms. The highest BCUT2D eigenvalue weighted by Gasteiger charge is 2.13. The largest absolute Gasteiger partial charge is 0.465 e. The average Bonchev–Trinajstić information content (AvgIpc) is 2.29. The lowest BCUT2D eigenvalue weighted by molar-refractivity contribution is -0.141. The number of rotatable bonds is 4. The van der Waals surface area contributed by atoms with Gasteiger partial charge in [-0.3, -0.25) is 9.59 Å². The Hall–Kier alpha value is -2.11. The summed E-state index contributed by atoms with van der Waals surface area (Å²) in [7, 11) is 0. The molecule has 0 aliphatic heterocycles. The third kappa shape index (κ3) is 3.75. The molecular formula is C11H13FN2O3. The molecule has 0 aliphatic rings. The second-order valence-corrected chi connectivity index (χ2v) is 3.23. The molecule has 5 nitrogen and oxygen atoms in total. The summed E-state index contributed by atoms with van der Waals surface area (Å²) in [6.45, 7) is 1.57. The predicted molar refractivity (Wildman–Crippen MR) is 59.8 cm³/mol. The zero-order chi connectivity index (χ0) is 12.8. The van der Waals surface area contributed by atoms with E-state index in [9.17, 15) is 14.0 Å². The highest BCUT2D eigenvalue weighted by atomic mass is 19.1. The van der Waals surface area contributed by atoms with Gasteiger partial charge in [-0.1, -0.05) is 0 Å². The summed E-state index contributed by atoms with van der Waals surface area (Å²) in [4.78, 5) is 22.5. The molecule has 17 heavy (non-hydrogen) atoms. The van der Waals surface area contributed by atoms with Gasteiger partial charge in [0.15, 0.2) is 0 Å². The molecule has 0 atom stereocenters. The van der Waals surface area contributed by atoms with E-state index in [0.717, 1.165) is 6.07 Å². The molecule has 0 unspecified atom stereocenters. The molecule has 0 heterocycles. The number of nitrogens with two attached hydrogens (primary N) is 1. The van der Waals surface area contributed by atoms with Gasteiger partial charge in [-0.15, -0.1) is 0 Å². The standard InChI is InChI=1S/C11H13FN2O3/c1-2-17-10(15)6-14-11(16)8-5-7(13)3-4-9(8)12/h3-5H,2,6,13H2,1H3,(H,14,16). The first-order chi connectivity index (χ1) is 8.04. The molecule has 1 aromatic rings. The van der Waals surface area contributed by atoms with Crippen LogP contribution in [0.15, 0.2) is 18.2 Å². The van der Waals surface area contributed by atoms with E-state index in [1.807, 2.05) is 0 Å². The molecule has 0 spiro atoms. The lowest BCUT2D eigenvalue weighted by atomic mass is 10.2. The number of hydrogen-bond acceptors (Lipinski definition) is 4. The summed E-state index contributed by atoms with van der Waals surface area (Å²) in [5, 5.41) is 2.24. The minimum absolute atomic E-state index is 0.200. The Morgan fingerprint density at radius 1 is 1.47 bits per heavy atom. The van der Waals surface area contributed by atoms with Gasteiger partial charge in [-0.05, 0) is 25.1 Å². The van der Waals surface area contributed by atoms with E-state index in [1.165, 1.54) is 12.1 Å². The average molecular weight is 240 g/mol. The maximum absolute atomic E-state index is 13.3. The molecule has 1 rings (SSSR count). The minimum atomic E-state index is -0.706. The van der Waals surface area contributed by atoms with Crippen molar-refractivity contribution < 1.29 is 18.7 Å². The molecule has 1 aromatic carbocycles. The van der Waals surface area contributed by atoms with Crippen LogP contribution in [0.4, 0.5) is 10.1 Å². The van der Waals surface area contributed by atoms with E-state index < -0.39 is 17.7 Å². The second-order valence-electron chi connectivity index (χ2n) is 3.23. The topological polar surface area (TPSA) is 81.4 Å². The van der Waals surface area contributed by atoms with Crippen molar-refractivity contribution in [3.8, 4) is 0 Å². The number of ether oxygens (including phenoxy) is 1. The van der Waals surface area contributed by atoms with Crippen LogP contribution in [0, 0.1) is 5.82 Å². The first-order valence-corrected chi connectivity index (χ1v) is 5.03. The van der Waals surface area contributed by atoms with E-state index in [-0.39, 0.29) is 24.4 Å². The number of amides is 1. The number of esters is 1. The fraction of sp³-hybridized carbons (Fsp3) is 0.273. The highest BCUT2D eigenvalue weighted by Crippen LogP contribution is 2.11. The van der Waals surface area contributed by atoms with E-state index in [1.54, 1.807) is 6.92 Å². The molecule has 92 valence electrons. The van der Waals surface area contributed by atoms with Crippen molar-refractivity contribution in [3.05, 3.63) is 29.6 Å². The Balaban J connectivity index is 2.64. The monoisotopic (exact) mass is 240 g/mol. The summed E-state index contributed by atoms with van der Waals surface area (Å²) in [5.74, 6) is -1.98. The smallest absolute Gasteiger partial charge is 0.325 e. The SMILES string of the molecule is CCOC(=O)CNC(=O)c1cc(N)ccc1F. The first kappa shape index (κ1) is 13.0. The molecule has 0 saturated heterocycles. The minimum Gasteiger partial charge on any atom is -0.465 e. The molecule has 0 bridgehead atoms. The molecule has 1 amide bonds. The number of carbonyl (C=O) groups is 2. The van der Waals surface area contributed by atoms with Gasteiger partial charge in [0.1, 0.15) is 12.4 Å². The van der Waals surface area contributed by atoms with Gasteiger partial charge in [0.05, 0.1) is 12.2 Å². The maximum atomic E-state index is 13.3. The van der Waals surface area contributed by atoms with Gasteiger partial charge >= 0.3 is 5.97 Å². The van der Waals surface area contributed by atoms with Crippen molar-refractivity contribution in [2.75, 3.05) is 18.9 Å². The molecule has 3 N–H and O–H groups in total. The lowest BCUT2D eigenvalue weighted by Crippen LogP contribution is -2.31. The van der Waals surface area contributed by atoms with E-state index in [2.05, 4.69) is 10.1 Å². The highest BCUT2D eigenvalue weighted by molar-refractivity contribution is 5.96. The summed E-state index contributed by atoms with van der Waals surface area (Å²) in [6.07, 6.45) is 0. The van der Waals surface area contributed by atoms with Crippen LogP contribution in [0.1, 0.15) is 17.3 Å². The summed E-state index contributed by atoms with van der Waals surface area (Å²) < 4.78 is 17.9. The second kappa shape index (κ2) is 5.83. The maximum Gasteiger partial charge on any atom is 0.325 e. The molecule has 0 saturated carbocycles. The van der Waals surface area contributed by atoms with Crippen molar-refractivity contribution in [3.63, 3.8) is 0 Å². The fourth-order valence-corrected chi connectivity index (χ4v) is 1.18. The van der Waals surface area contributed by atoms with Crippen molar-refractivity contribution in [1.29, 1.82) is 0 Å². The van der Waals surface area contributed by atoms with E-state index in [4.69, 9.17) is 5.73 Å². The van der Waals surface area contributed by atoms with Gasteiger partial charge in [0.25, 0.3) is 5.91 Å². The number of halogens is 1. The zero-order valence-corrected chi connectivity index (χ0v) is 9.33. The zero-order valence-electron chi connectivity index (χ0n) is 9.33. The van der Waals surface area contributed by atoms with Crippen LogP contribution in [0.5, 0.6) is 0 Å². The van der Waals surface area contributed by atoms with Crippen LogP contribution >= 0.6 is 0 Å². The summed E-state index contributed by atoms with van der Waals surface area (Å²) in [6, 6.07) is 3.64. The molecule has 0 radical (unpaired) electrons. The first-order valence-electron chi connectivity index (χ1n) is 5.03. The molecule has 0 fully saturated rings. The normalized spacial score (nSPS) is 9.76. The van der Waals surface area contributed by atoms with E-state index in [0.29, 0.717) is 0 Å². The van der Waals surface area contributed by atoms with Crippen LogP contribution < -0.4 is 11.1 Å². The quantitative estimate of drug-likeness (QED) is 0.599. The van der Waals surface area contributed by atoms with Crippen LogP contribution in [-0.2, 0) is 9.53 Å². The van der Waals surface area contributed by atoms with Crippen LogP contribution in [0.25, 0.3) is 0 Å². The van der Waals surface area contributed by atoms with Crippen molar-refractivity contribution in [2.24, 2.45) is 0 Å². The van der Waals surface area contributed by atoms with Crippen LogP contribution in [-0.4, -0.2) is 25.0 Å². The number of benzene rings is 1. The number of nitrogen functional groups attached to an aromatic ring is 1. The molecule has 0 aromatic heterocycles. The van der Waals surface area contributed by atoms with E-state index >= 15 is 0 Å². The number of anilines is 1. The van der Waals surface area contributed by atoms with Crippen LogP contribution in [0.3, 0.4) is 0 Å². The third-order valence-electron chi connectivity index (χ3n) is 1.93. The number of hydrogen-bond donors (Lipinski definition) is 2. The molecule has 0 aliphatic carbocycles. The Morgan fingerprint density at radius 3 is 2.82 bits per heavy atom. The Bertz CT molecular complexity index is 435. The van der Waals surface area contributed by atoms with Gasteiger partial charge < -0.3 is 15.8 Å². The van der Waals surface area contributed by atoms with Gasteiger partial charge in [-0.2, -0.15) is 0 Å². The summed E-state index contributed by atoms with van der Waals surface area (Å²) in [5.41, 5.74) is 5.50. The van der Waals surface area contributed by atoms with Crippen molar-refractivity contribution in [1.82, 2.24) is 5.32 Å². The van der Waals surface area contributed by atoms with Crippen molar-refractivity contribution >= 4 is 17.6 Å². The van der Waals surface area contributed by atoms with Gasteiger partial charge in [0, 0.05) is 5.69 Å². The predicted octanol–water partition coefficient (Wildman–Crippen LogP) is 0.701. The van der Waals surface area contributed by atoms with Crippen molar-refractivity contribution in [2.45, 2.75) is 6.92 Å². The summed E-state index contributed by atoms with van der Waals surface area (Å²) >= 11 is 0.